The van der Waals surface area contributed by atoms with Crippen LogP contribution in [0, 0.1) is 0 Å². The molecule has 24 heavy (non-hydrogen) atoms. The first kappa shape index (κ1) is 17.5. The molecular weight excluding hydrogens is 336 g/mol. The molecule has 1 aromatic heterocycles. The van der Waals surface area contributed by atoms with E-state index < -0.39 is 15.9 Å². The van der Waals surface area contributed by atoms with Gasteiger partial charge in [0.1, 0.15) is 11.4 Å². The summed E-state index contributed by atoms with van der Waals surface area (Å²) in [6.07, 6.45) is 1.01. The zero-order valence-corrected chi connectivity index (χ0v) is 14.0. The molecule has 0 radical (unpaired) electrons. The van der Waals surface area contributed by atoms with Gasteiger partial charge in [-0.25, -0.2) is 13.1 Å². The number of anilines is 2. The summed E-state index contributed by atoms with van der Waals surface area (Å²) in [7, 11) is -0.681. The largest absolute Gasteiger partial charge is 0.495 e. The molecule has 0 aliphatic rings. The van der Waals surface area contributed by atoms with Crippen molar-refractivity contribution in [1.29, 1.82) is 0 Å². The van der Waals surface area contributed by atoms with Crippen molar-refractivity contribution in [2.24, 2.45) is 7.05 Å². The normalized spacial score (nSPS) is 11.0. The minimum atomic E-state index is -3.51. The van der Waals surface area contributed by atoms with Gasteiger partial charge in [0.05, 0.1) is 19.1 Å². The van der Waals surface area contributed by atoms with Crippen LogP contribution >= 0.6 is 0 Å². The lowest BCUT2D eigenvalue weighted by Crippen LogP contribution is -2.23. The molecule has 2 rings (SSSR count). The van der Waals surface area contributed by atoms with Crippen molar-refractivity contribution in [1.82, 2.24) is 9.78 Å². The highest BCUT2D eigenvalue weighted by molar-refractivity contribution is 7.92. The van der Waals surface area contributed by atoms with E-state index in [4.69, 9.17) is 4.74 Å². The molecule has 0 saturated heterocycles. The van der Waals surface area contributed by atoms with Gasteiger partial charge >= 0.3 is 0 Å². The number of ether oxygens (including phenoxy) is 1. The van der Waals surface area contributed by atoms with Gasteiger partial charge in [-0.3, -0.25) is 14.3 Å². The second-order valence-corrected chi connectivity index (χ2v) is 6.67. The molecule has 0 fully saturated rings. The van der Waals surface area contributed by atoms with E-state index in [1.165, 1.54) is 38.4 Å². The molecule has 10 heteroatoms. The summed E-state index contributed by atoms with van der Waals surface area (Å²) in [5.74, 6) is -0.236. The van der Waals surface area contributed by atoms with Gasteiger partial charge in [-0.15, -0.1) is 0 Å². The molecule has 0 spiro atoms. The number of amides is 1. The average Bonchev–Trinajstić information content (AvgIpc) is 2.48. The third kappa shape index (κ3) is 4.32. The molecule has 2 N–H and O–H groups in total. The van der Waals surface area contributed by atoms with Gasteiger partial charge in [-0.2, -0.15) is 5.10 Å². The number of nitrogens with zero attached hydrogens (tertiary/aromatic N) is 2. The molecule has 0 unspecified atom stereocenters. The number of hydrogen-bond donors (Lipinski definition) is 2. The number of carbonyl (C=O) groups excluding carboxylic acids is 1. The number of hydrogen-bond acceptors (Lipinski definition) is 6. The summed E-state index contributed by atoms with van der Waals surface area (Å²) in [5.41, 5.74) is 0.231. The highest BCUT2D eigenvalue weighted by atomic mass is 32.2. The van der Waals surface area contributed by atoms with E-state index in [0.717, 1.165) is 10.9 Å². The first-order valence-electron chi connectivity index (χ1n) is 6.71. The fraction of sp³-hybridized carbons (Fsp3) is 0.214. The van der Waals surface area contributed by atoms with Crippen LogP contribution in [0.15, 0.2) is 35.1 Å². The number of nitrogens with one attached hydrogen (secondary N) is 2. The number of benzene rings is 1. The lowest BCUT2D eigenvalue weighted by atomic mass is 10.2. The Morgan fingerprint density at radius 1 is 1.25 bits per heavy atom. The third-order valence-electron chi connectivity index (χ3n) is 2.95. The maximum atomic E-state index is 12.2. The van der Waals surface area contributed by atoms with Crippen molar-refractivity contribution in [3.63, 3.8) is 0 Å². The quantitative estimate of drug-likeness (QED) is 0.804. The van der Waals surface area contributed by atoms with Crippen molar-refractivity contribution in [3.8, 4) is 5.75 Å². The smallest absolute Gasteiger partial charge is 0.276 e. The van der Waals surface area contributed by atoms with Crippen molar-refractivity contribution >= 4 is 27.3 Å². The molecule has 9 nitrogen and oxygen atoms in total. The predicted molar refractivity (Wildman–Crippen MR) is 88.9 cm³/mol. The highest BCUT2D eigenvalue weighted by Crippen LogP contribution is 2.28. The molecule has 0 aliphatic carbocycles. The molecular formula is C14H16N4O5S. The zero-order chi connectivity index (χ0) is 17.9. The summed E-state index contributed by atoms with van der Waals surface area (Å²) in [4.78, 5) is 23.5. The number of carbonyl (C=O) groups is 1. The van der Waals surface area contributed by atoms with Gasteiger partial charge in [-0.05, 0) is 24.3 Å². The first-order valence-corrected chi connectivity index (χ1v) is 8.60. The Morgan fingerprint density at radius 2 is 1.96 bits per heavy atom. The minimum Gasteiger partial charge on any atom is -0.495 e. The Hall–Kier alpha value is -2.88. The second-order valence-electron chi connectivity index (χ2n) is 4.92. The van der Waals surface area contributed by atoms with Gasteiger partial charge in [0, 0.05) is 18.8 Å². The van der Waals surface area contributed by atoms with Crippen molar-refractivity contribution in [2.75, 3.05) is 23.4 Å². The summed E-state index contributed by atoms with van der Waals surface area (Å²) in [5, 5.41) is 6.42. The summed E-state index contributed by atoms with van der Waals surface area (Å²) in [6.45, 7) is 0. The van der Waals surface area contributed by atoms with Gasteiger partial charge in [0.15, 0.2) is 0 Å². The van der Waals surface area contributed by atoms with E-state index >= 15 is 0 Å². The van der Waals surface area contributed by atoms with Crippen LogP contribution in [-0.4, -0.2) is 37.5 Å². The Kier molecular flexibility index (Phi) is 4.88. The van der Waals surface area contributed by atoms with E-state index in [0.29, 0.717) is 11.4 Å². The van der Waals surface area contributed by atoms with Crippen LogP contribution in [0.2, 0.25) is 0 Å². The molecule has 1 aromatic carbocycles. The molecule has 2 aromatic rings. The first-order chi connectivity index (χ1) is 11.2. The summed E-state index contributed by atoms with van der Waals surface area (Å²) in [6, 6.07) is 7.01. The second kappa shape index (κ2) is 6.71. The lowest BCUT2D eigenvalue weighted by molar-refractivity contribution is 0.102. The average molecular weight is 352 g/mol. The maximum absolute atomic E-state index is 12.2. The Balaban J connectivity index is 2.29. The maximum Gasteiger partial charge on any atom is 0.276 e. The molecule has 1 heterocycles. The Morgan fingerprint density at radius 3 is 2.54 bits per heavy atom. The monoisotopic (exact) mass is 352 g/mol. The third-order valence-corrected chi connectivity index (χ3v) is 3.54. The summed E-state index contributed by atoms with van der Waals surface area (Å²) < 4.78 is 31.2. The molecule has 0 bridgehead atoms. The number of methoxy groups -OCH3 is 1. The standard InChI is InChI=1S/C14H16N4O5S/c1-18-13(19)7-5-10(16-18)14(20)15-9-4-6-12(23-2)11(8-9)17-24(3,21)22/h4-8,17H,1-3H3,(H,15,20). The summed E-state index contributed by atoms with van der Waals surface area (Å²) >= 11 is 0. The lowest BCUT2D eigenvalue weighted by Gasteiger charge is -2.12. The van der Waals surface area contributed by atoms with E-state index in [1.807, 2.05) is 0 Å². The number of aromatic nitrogens is 2. The van der Waals surface area contributed by atoms with E-state index in [-0.39, 0.29) is 16.9 Å². The Bertz CT molecular complexity index is 936. The van der Waals surface area contributed by atoms with Crippen molar-refractivity contribution in [2.45, 2.75) is 0 Å². The highest BCUT2D eigenvalue weighted by Gasteiger charge is 2.13. The predicted octanol–water partition coefficient (Wildman–Crippen LogP) is 0.413. The van der Waals surface area contributed by atoms with Crippen LogP contribution < -0.4 is 20.3 Å². The van der Waals surface area contributed by atoms with Crippen LogP contribution in [0.5, 0.6) is 5.75 Å². The van der Waals surface area contributed by atoms with Crippen LogP contribution in [0.3, 0.4) is 0 Å². The van der Waals surface area contributed by atoms with Gasteiger partial charge in [0.25, 0.3) is 11.5 Å². The topological polar surface area (TPSA) is 119 Å². The molecule has 0 atom stereocenters. The SMILES string of the molecule is COc1ccc(NC(=O)c2ccc(=O)n(C)n2)cc1NS(C)(=O)=O. The van der Waals surface area contributed by atoms with Gasteiger partial charge < -0.3 is 10.1 Å². The van der Waals surface area contributed by atoms with Crippen molar-refractivity contribution in [3.05, 3.63) is 46.4 Å². The van der Waals surface area contributed by atoms with E-state index in [9.17, 15) is 18.0 Å². The number of sulfonamides is 1. The van der Waals surface area contributed by atoms with Crippen LogP contribution in [-0.2, 0) is 17.1 Å². The zero-order valence-electron chi connectivity index (χ0n) is 13.2. The van der Waals surface area contributed by atoms with Crippen molar-refractivity contribution < 1.29 is 17.9 Å². The van der Waals surface area contributed by atoms with Gasteiger partial charge in [-0.1, -0.05) is 0 Å². The Labute approximate surface area is 138 Å². The van der Waals surface area contributed by atoms with Crippen LogP contribution in [0.25, 0.3) is 0 Å². The molecule has 0 aliphatic heterocycles. The number of rotatable bonds is 5. The van der Waals surface area contributed by atoms with Gasteiger partial charge in [0.2, 0.25) is 10.0 Å². The minimum absolute atomic E-state index is 0.0468. The van der Waals surface area contributed by atoms with Crippen LogP contribution in [0.4, 0.5) is 11.4 Å². The number of aryl methyl sites for hydroxylation is 1. The van der Waals surface area contributed by atoms with E-state index in [2.05, 4.69) is 15.1 Å². The van der Waals surface area contributed by atoms with E-state index in [1.54, 1.807) is 6.07 Å². The fourth-order valence-electron chi connectivity index (χ4n) is 1.88. The fourth-order valence-corrected chi connectivity index (χ4v) is 2.44. The molecule has 1 amide bonds. The molecule has 0 saturated carbocycles. The molecule has 128 valence electrons. The van der Waals surface area contributed by atoms with Crippen LogP contribution in [0.1, 0.15) is 10.5 Å².